The highest BCUT2D eigenvalue weighted by atomic mass is 16.2. The molecule has 3 aliphatic rings. The summed E-state index contributed by atoms with van der Waals surface area (Å²) in [5, 5.41) is 5.68. The second kappa shape index (κ2) is 9.58. The van der Waals surface area contributed by atoms with Gasteiger partial charge in [-0.2, -0.15) is 0 Å². The molecule has 5 rings (SSSR count). The molecule has 7 heteroatoms. The van der Waals surface area contributed by atoms with Gasteiger partial charge in [0.1, 0.15) is 5.54 Å². The maximum absolute atomic E-state index is 13.3. The Labute approximate surface area is 200 Å². The van der Waals surface area contributed by atoms with Gasteiger partial charge in [-0.25, -0.2) is 0 Å². The number of amides is 2. The summed E-state index contributed by atoms with van der Waals surface area (Å²) < 4.78 is 0. The van der Waals surface area contributed by atoms with Gasteiger partial charge in [-0.1, -0.05) is 30.3 Å². The molecule has 2 N–H and O–H groups in total. The van der Waals surface area contributed by atoms with Gasteiger partial charge in [0.2, 0.25) is 11.8 Å². The van der Waals surface area contributed by atoms with Crippen LogP contribution in [0.1, 0.15) is 37.7 Å². The molecule has 2 aromatic carbocycles. The molecule has 3 heterocycles. The molecule has 0 saturated carbocycles. The molecule has 2 aromatic rings. The summed E-state index contributed by atoms with van der Waals surface area (Å²) in [6, 6.07) is 17.9. The van der Waals surface area contributed by atoms with Crippen LogP contribution in [0.15, 0.2) is 54.6 Å². The number of likely N-dealkylation sites (tertiary alicyclic amines) is 1. The predicted octanol–water partition coefficient (Wildman–Crippen LogP) is 2.97. The first kappa shape index (κ1) is 22.6. The van der Waals surface area contributed by atoms with Crippen molar-refractivity contribution in [1.29, 1.82) is 0 Å². The fourth-order valence-electron chi connectivity index (χ4n) is 5.43. The number of carbonyl (C=O) groups is 3. The fourth-order valence-corrected chi connectivity index (χ4v) is 5.43. The Hall–Kier alpha value is -3.19. The predicted molar refractivity (Wildman–Crippen MR) is 131 cm³/mol. The smallest absolute Gasteiger partial charge is 0.244 e. The van der Waals surface area contributed by atoms with Crippen LogP contribution in [-0.2, 0) is 20.9 Å². The van der Waals surface area contributed by atoms with E-state index in [0.717, 1.165) is 25.3 Å². The molecule has 1 atom stereocenters. The third-order valence-corrected chi connectivity index (χ3v) is 7.44. The molecule has 3 aliphatic heterocycles. The van der Waals surface area contributed by atoms with Crippen molar-refractivity contribution in [3.63, 3.8) is 0 Å². The molecule has 3 saturated heterocycles. The summed E-state index contributed by atoms with van der Waals surface area (Å²) in [6.45, 7) is 4.32. The van der Waals surface area contributed by atoms with Gasteiger partial charge in [-0.3, -0.25) is 19.3 Å². The van der Waals surface area contributed by atoms with Crippen LogP contribution in [0.2, 0.25) is 0 Å². The van der Waals surface area contributed by atoms with Crippen molar-refractivity contribution >= 4 is 29.0 Å². The van der Waals surface area contributed by atoms with E-state index in [1.165, 1.54) is 24.8 Å². The number of hydrogen-bond donors (Lipinski definition) is 2. The zero-order valence-corrected chi connectivity index (χ0v) is 19.5. The Bertz CT molecular complexity index is 1040. The summed E-state index contributed by atoms with van der Waals surface area (Å²) in [6.07, 6.45) is 4.72. The van der Waals surface area contributed by atoms with E-state index in [2.05, 4.69) is 32.6 Å². The SMILES string of the molecule is O=C(Nc1ccc(N2CCCCC2)cc1)C1C(=O)NC2(CCN(Cc3ccccc3)CC2)C1=O. The lowest BCUT2D eigenvalue weighted by Gasteiger charge is -2.38. The molecule has 0 aromatic heterocycles. The van der Waals surface area contributed by atoms with Crippen molar-refractivity contribution in [3.8, 4) is 0 Å². The van der Waals surface area contributed by atoms with Gasteiger partial charge < -0.3 is 15.5 Å². The minimum absolute atomic E-state index is 0.292. The van der Waals surface area contributed by atoms with Crippen molar-refractivity contribution in [3.05, 3.63) is 60.2 Å². The number of rotatable bonds is 5. The quantitative estimate of drug-likeness (QED) is 0.671. The standard InChI is InChI=1S/C27H32N4O3/c32-24-23(25(33)28-21-9-11-22(12-10-21)31-15-5-2-6-16-31)26(34)29-27(24)13-17-30(18-14-27)19-20-7-3-1-4-8-20/h1,3-4,7-12,23H,2,5-6,13-19H2,(H,28,33)(H,29,34). The Kier molecular flexibility index (Phi) is 6.37. The number of nitrogens with one attached hydrogen (secondary N) is 2. The molecular weight excluding hydrogens is 428 g/mol. The van der Waals surface area contributed by atoms with Crippen LogP contribution in [0.5, 0.6) is 0 Å². The number of hydrogen-bond acceptors (Lipinski definition) is 5. The number of benzene rings is 2. The molecule has 34 heavy (non-hydrogen) atoms. The van der Waals surface area contributed by atoms with E-state index < -0.39 is 23.3 Å². The van der Waals surface area contributed by atoms with Gasteiger partial charge in [0.25, 0.3) is 0 Å². The van der Waals surface area contributed by atoms with E-state index in [-0.39, 0.29) is 5.78 Å². The van der Waals surface area contributed by atoms with Gasteiger partial charge in [-0.05, 0) is 61.9 Å². The number of Topliss-reactive ketones (excluding diaryl/α,β-unsaturated/α-hetero) is 1. The van der Waals surface area contributed by atoms with Gasteiger partial charge in [0.05, 0.1) is 0 Å². The Balaban J connectivity index is 1.19. The summed E-state index contributed by atoms with van der Waals surface area (Å²) in [4.78, 5) is 43.6. The molecule has 7 nitrogen and oxygen atoms in total. The monoisotopic (exact) mass is 460 g/mol. The van der Waals surface area contributed by atoms with Crippen LogP contribution < -0.4 is 15.5 Å². The largest absolute Gasteiger partial charge is 0.372 e. The van der Waals surface area contributed by atoms with E-state index in [4.69, 9.17) is 0 Å². The highest BCUT2D eigenvalue weighted by Crippen LogP contribution is 2.33. The lowest BCUT2D eigenvalue weighted by Crippen LogP contribution is -2.54. The molecule has 178 valence electrons. The van der Waals surface area contributed by atoms with Crippen molar-refractivity contribution in [2.24, 2.45) is 5.92 Å². The topological polar surface area (TPSA) is 81.8 Å². The maximum atomic E-state index is 13.3. The number of carbonyl (C=O) groups excluding carboxylic acids is 3. The first-order valence-electron chi connectivity index (χ1n) is 12.3. The van der Waals surface area contributed by atoms with E-state index in [9.17, 15) is 14.4 Å². The van der Waals surface area contributed by atoms with Gasteiger partial charge in [0.15, 0.2) is 11.7 Å². The lowest BCUT2D eigenvalue weighted by molar-refractivity contribution is -0.136. The molecule has 0 bridgehead atoms. The number of piperidine rings is 2. The fraction of sp³-hybridized carbons (Fsp3) is 0.444. The van der Waals surface area contributed by atoms with Gasteiger partial charge >= 0.3 is 0 Å². The van der Waals surface area contributed by atoms with Crippen molar-refractivity contribution in [1.82, 2.24) is 10.2 Å². The molecule has 0 radical (unpaired) electrons. The molecule has 3 fully saturated rings. The average Bonchev–Trinajstić information content (AvgIpc) is 3.11. The van der Waals surface area contributed by atoms with Gasteiger partial charge in [-0.15, -0.1) is 0 Å². The van der Waals surface area contributed by atoms with E-state index in [1.54, 1.807) is 0 Å². The van der Waals surface area contributed by atoms with E-state index in [1.807, 2.05) is 42.5 Å². The van der Waals surface area contributed by atoms with Crippen LogP contribution in [-0.4, -0.2) is 54.2 Å². The zero-order valence-electron chi connectivity index (χ0n) is 19.5. The first-order valence-corrected chi connectivity index (χ1v) is 12.3. The Morgan fingerprint density at radius 1 is 0.912 bits per heavy atom. The Morgan fingerprint density at radius 3 is 2.26 bits per heavy atom. The third-order valence-electron chi connectivity index (χ3n) is 7.44. The van der Waals surface area contributed by atoms with Crippen LogP contribution >= 0.6 is 0 Å². The summed E-state index contributed by atoms with van der Waals surface area (Å²) >= 11 is 0. The average molecular weight is 461 g/mol. The third kappa shape index (κ3) is 4.57. The van der Waals surface area contributed by atoms with E-state index in [0.29, 0.717) is 31.6 Å². The van der Waals surface area contributed by atoms with Crippen LogP contribution in [0.4, 0.5) is 11.4 Å². The molecule has 1 unspecified atom stereocenters. The molecule has 1 spiro atoms. The van der Waals surface area contributed by atoms with Crippen molar-refractivity contribution in [2.75, 3.05) is 36.4 Å². The molecule has 0 aliphatic carbocycles. The second-order valence-corrected chi connectivity index (χ2v) is 9.71. The number of nitrogens with zero attached hydrogens (tertiary/aromatic N) is 2. The van der Waals surface area contributed by atoms with Crippen LogP contribution in [0.3, 0.4) is 0 Å². The minimum atomic E-state index is -1.29. The summed E-state index contributed by atoms with van der Waals surface area (Å²) in [5.41, 5.74) is 2.03. The first-order chi connectivity index (χ1) is 16.5. The molecular formula is C27H32N4O3. The van der Waals surface area contributed by atoms with Crippen molar-refractivity contribution in [2.45, 2.75) is 44.2 Å². The number of anilines is 2. The summed E-state index contributed by atoms with van der Waals surface area (Å²) in [5.74, 6) is -2.61. The highest BCUT2D eigenvalue weighted by molar-refractivity contribution is 6.27. The second-order valence-electron chi connectivity index (χ2n) is 9.71. The highest BCUT2D eigenvalue weighted by Gasteiger charge is 2.56. The summed E-state index contributed by atoms with van der Waals surface area (Å²) in [7, 11) is 0. The molecule has 2 amide bonds. The normalized spacial score (nSPS) is 22.6. The van der Waals surface area contributed by atoms with Crippen LogP contribution in [0, 0.1) is 5.92 Å². The minimum Gasteiger partial charge on any atom is -0.372 e. The van der Waals surface area contributed by atoms with Gasteiger partial charge in [0, 0.05) is 44.1 Å². The zero-order chi connectivity index (χ0) is 23.5. The van der Waals surface area contributed by atoms with E-state index >= 15 is 0 Å². The number of ketones is 1. The Morgan fingerprint density at radius 2 is 1.59 bits per heavy atom. The van der Waals surface area contributed by atoms with Crippen LogP contribution in [0.25, 0.3) is 0 Å². The van der Waals surface area contributed by atoms with Crippen molar-refractivity contribution < 1.29 is 14.4 Å². The maximum Gasteiger partial charge on any atom is 0.244 e. The lowest BCUT2D eigenvalue weighted by atomic mass is 9.82.